The zero-order valence-corrected chi connectivity index (χ0v) is 8.27. The van der Waals surface area contributed by atoms with Crippen molar-refractivity contribution in [2.24, 2.45) is 0 Å². The molecule has 1 atom stereocenters. The fraction of sp³-hybridized carbons (Fsp3) is 0.875. The number of amides is 1. The second-order valence-corrected chi connectivity index (χ2v) is 4.69. The van der Waals surface area contributed by atoms with Crippen LogP contribution < -0.4 is 4.72 Å². The third-order valence-electron chi connectivity index (χ3n) is 2.82. The van der Waals surface area contributed by atoms with Crippen LogP contribution in [0.5, 0.6) is 0 Å². The van der Waals surface area contributed by atoms with Gasteiger partial charge in [-0.05, 0) is 19.3 Å². The van der Waals surface area contributed by atoms with Crippen molar-refractivity contribution in [2.75, 3.05) is 18.8 Å². The summed E-state index contributed by atoms with van der Waals surface area (Å²) in [6, 6.07) is 0. The minimum absolute atomic E-state index is 0.0846. The van der Waals surface area contributed by atoms with Crippen LogP contribution in [0.3, 0.4) is 0 Å². The lowest BCUT2D eigenvalue weighted by atomic mass is 9.88. The Morgan fingerprint density at radius 2 is 2.38 bits per heavy atom. The first-order chi connectivity index (χ1) is 6.22. The lowest BCUT2D eigenvalue weighted by Gasteiger charge is -2.38. The van der Waals surface area contributed by atoms with Crippen LogP contribution >= 0.6 is 11.9 Å². The maximum Gasteiger partial charge on any atom is 0.407 e. The lowest BCUT2D eigenvalue weighted by Crippen LogP contribution is -2.53. The number of hydrogen-bond acceptors (Lipinski definition) is 3. The van der Waals surface area contributed by atoms with Crippen LogP contribution in [0.2, 0.25) is 0 Å². The summed E-state index contributed by atoms with van der Waals surface area (Å²) in [4.78, 5) is 12.3. The molecule has 2 N–H and O–H groups in total. The molecule has 0 aromatic rings. The van der Waals surface area contributed by atoms with Crippen molar-refractivity contribution in [1.29, 1.82) is 0 Å². The molecule has 1 spiro atoms. The van der Waals surface area contributed by atoms with Gasteiger partial charge in [-0.15, -0.1) is 0 Å². The van der Waals surface area contributed by atoms with E-state index in [0.717, 1.165) is 25.0 Å². The second kappa shape index (κ2) is 3.38. The number of likely N-dealkylation sites (tertiary alicyclic amines) is 1. The van der Waals surface area contributed by atoms with E-state index in [-0.39, 0.29) is 5.54 Å². The number of rotatable bonds is 0. The van der Waals surface area contributed by atoms with Crippen molar-refractivity contribution >= 4 is 18.0 Å². The normalized spacial score (nSPS) is 34.0. The van der Waals surface area contributed by atoms with E-state index in [1.165, 1.54) is 4.90 Å². The fourth-order valence-corrected chi connectivity index (χ4v) is 3.25. The number of nitrogens with one attached hydrogen (secondary N) is 1. The van der Waals surface area contributed by atoms with Gasteiger partial charge in [0, 0.05) is 24.4 Å². The molecule has 2 fully saturated rings. The number of nitrogens with zero attached hydrogens (tertiary/aromatic N) is 1. The highest BCUT2D eigenvalue weighted by Crippen LogP contribution is 2.32. The van der Waals surface area contributed by atoms with Gasteiger partial charge in [0.2, 0.25) is 0 Å². The van der Waals surface area contributed by atoms with Crippen molar-refractivity contribution in [3.63, 3.8) is 0 Å². The maximum atomic E-state index is 10.8. The molecular weight excluding hydrogens is 188 g/mol. The molecule has 74 valence electrons. The molecule has 1 amide bonds. The van der Waals surface area contributed by atoms with Gasteiger partial charge in [-0.2, -0.15) is 0 Å². The van der Waals surface area contributed by atoms with Crippen LogP contribution in [0.25, 0.3) is 0 Å². The van der Waals surface area contributed by atoms with E-state index in [2.05, 4.69) is 4.72 Å². The molecule has 2 rings (SSSR count). The Bertz CT molecular complexity index is 216. The monoisotopic (exact) mass is 202 g/mol. The Kier molecular flexibility index (Phi) is 2.38. The molecule has 2 heterocycles. The highest BCUT2D eigenvalue weighted by Gasteiger charge is 2.39. The molecule has 0 aromatic heterocycles. The van der Waals surface area contributed by atoms with Crippen LogP contribution in [-0.4, -0.2) is 40.5 Å². The van der Waals surface area contributed by atoms with Crippen molar-refractivity contribution in [3.8, 4) is 0 Å². The van der Waals surface area contributed by atoms with Gasteiger partial charge in [0.15, 0.2) is 0 Å². The predicted octanol–water partition coefficient (Wildman–Crippen LogP) is 1.14. The van der Waals surface area contributed by atoms with Gasteiger partial charge in [-0.1, -0.05) is 11.9 Å². The van der Waals surface area contributed by atoms with Crippen molar-refractivity contribution in [3.05, 3.63) is 0 Å². The highest BCUT2D eigenvalue weighted by atomic mass is 32.2. The molecule has 0 saturated carbocycles. The Labute approximate surface area is 81.8 Å². The van der Waals surface area contributed by atoms with E-state index in [9.17, 15) is 4.79 Å². The number of piperidine rings is 1. The van der Waals surface area contributed by atoms with Crippen molar-refractivity contribution < 1.29 is 9.90 Å². The second-order valence-electron chi connectivity index (χ2n) is 3.79. The van der Waals surface area contributed by atoms with Crippen molar-refractivity contribution in [1.82, 2.24) is 9.62 Å². The molecule has 13 heavy (non-hydrogen) atoms. The fourth-order valence-electron chi connectivity index (χ4n) is 2.08. The molecule has 5 heteroatoms. The molecular formula is C8H14N2O2S. The summed E-state index contributed by atoms with van der Waals surface area (Å²) >= 11 is 1.72. The van der Waals surface area contributed by atoms with Crippen molar-refractivity contribution in [2.45, 2.75) is 24.8 Å². The van der Waals surface area contributed by atoms with Gasteiger partial charge in [0.05, 0.1) is 0 Å². The summed E-state index contributed by atoms with van der Waals surface area (Å²) in [5.41, 5.74) is 0.0846. The summed E-state index contributed by atoms with van der Waals surface area (Å²) in [7, 11) is 0. The quantitative estimate of drug-likeness (QED) is 0.578. The SMILES string of the molecule is O=C(O)N1CCCC2(CCSN2)C1. The van der Waals surface area contributed by atoms with Gasteiger partial charge >= 0.3 is 6.09 Å². The van der Waals surface area contributed by atoms with E-state index in [4.69, 9.17) is 5.11 Å². The lowest BCUT2D eigenvalue weighted by molar-refractivity contribution is 0.108. The zero-order chi connectivity index (χ0) is 9.31. The van der Waals surface area contributed by atoms with Gasteiger partial charge < -0.3 is 10.0 Å². The van der Waals surface area contributed by atoms with E-state index in [1.807, 2.05) is 0 Å². The van der Waals surface area contributed by atoms with E-state index in [1.54, 1.807) is 11.9 Å². The smallest absolute Gasteiger partial charge is 0.407 e. The van der Waals surface area contributed by atoms with Crippen LogP contribution in [0.15, 0.2) is 0 Å². The Morgan fingerprint density at radius 1 is 1.54 bits per heavy atom. The molecule has 4 nitrogen and oxygen atoms in total. The molecule has 0 aromatic carbocycles. The third kappa shape index (κ3) is 1.76. The van der Waals surface area contributed by atoms with Crippen LogP contribution in [0.4, 0.5) is 4.79 Å². The molecule has 2 aliphatic rings. The molecule has 2 saturated heterocycles. The summed E-state index contributed by atoms with van der Waals surface area (Å²) in [5, 5.41) is 8.87. The molecule has 0 radical (unpaired) electrons. The Balaban J connectivity index is 2.02. The standard InChI is InChI=1S/C8H14N2O2S/c11-7(12)10-4-1-2-8(6-10)3-5-13-9-8/h9H,1-6H2,(H,11,12). The van der Waals surface area contributed by atoms with Crippen LogP contribution in [-0.2, 0) is 0 Å². The summed E-state index contributed by atoms with van der Waals surface area (Å²) in [6.45, 7) is 1.36. The van der Waals surface area contributed by atoms with Crippen LogP contribution in [0.1, 0.15) is 19.3 Å². The first kappa shape index (κ1) is 9.15. The van der Waals surface area contributed by atoms with Gasteiger partial charge in [0.1, 0.15) is 0 Å². The van der Waals surface area contributed by atoms with Gasteiger partial charge in [-0.25, -0.2) is 4.79 Å². The average molecular weight is 202 g/mol. The summed E-state index contributed by atoms with van der Waals surface area (Å²) < 4.78 is 3.37. The zero-order valence-electron chi connectivity index (χ0n) is 7.45. The Morgan fingerprint density at radius 3 is 3.00 bits per heavy atom. The third-order valence-corrected chi connectivity index (χ3v) is 3.80. The van der Waals surface area contributed by atoms with E-state index >= 15 is 0 Å². The van der Waals surface area contributed by atoms with Gasteiger partial charge in [-0.3, -0.25) is 4.72 Å². The highest BCUT2D eigenvalue weighted by molar-refractivity contribution is 7.97. The van der Waals surface area contributed by atoms with Gasteiger partial charge in [0.25, 0.3) is 0 Å². The topological polar surface area (TPSA) is 52.6 Å². The summed E-state index contributed by atoms with van der Waals surface area (Å²) in [5.74, 6) is 1.10. The summed E-state index contributed by atoms with van der Waals surface area (Å²) in [6.07, 6.45) is 2.42. The molecule has 0 aliphatic carbocycles. The number of carbonyl (C=O) groups is 1. The number of carboxylic acid groups (broad SMARTS) is 1. The largest absolute Gasteiger partial charge is 0.465 e. The first-order valence-electron chi connectivity index (χ1n) is 4.59. The number of hydrogen-bond donors (Lipinski definition) is 2. The molecule has 1 unspecified atom stereocenters. The molecule has 2 aliphatic heterocycles. The van der Waals surface area contributed by atoms with Crippen LogP contribution in [0, 0.1) is 0 Å². The average Bonchev–Trinajstić information content (AvgIpc) is 2.53. The predicted molar refractivity (Wildman–Crippen MR) is 51.8 cm³/mol. The minimum atomic E-state index is -0.780. The molecule has 0 bridgehead atoms. The van der Waals surface area contributed by atoms with E-state index < -0.39 is 6.09 Å². The first-order valence-corrected chi connectivity index (χ1v) is 5.57. The van der Waals surface area contributed by atoms with E-state index in [0.29, 0.717) is 13.1 Å². The minimum Gasteiger partial charge on any atom is -0.465 e. The Hall–Kier alpha value is -0.420. The maximum absolute atomic E-state index is 10.8.